The Morgan fingerprint density at radius 3 is 2.62 bits per heavy atom. The topological polar surface area (TPSA) is 53.6 Å². The molecule has 1 rings (SSSR count). The number of nitrogens with zero attached hydrogens (tertiary/aromatic N) is 1. The van der Waals surface area contributed by atoms with Crippen molar-refractivity contribution < 1.29 is 9.53 Å². The zero-order valence-electron chi connectivity index (χ0n) is 14.5. The van der Waals surface area contributed by atoms with Gasteiger partial charge in [-0.2, -0.15) is 0 Å². The minimum atomic E-state index is -0.444. The molecule has 5 heteroatoms. The smallest absolute Gasteiger partial charge is 0.407 e. The fourth-order valence-electron chi connectivity index (χ4n) is 2.81. The molecule has 0 aromatic carbocycles. The maximum atomic E-state index is 11.6. The normalized spacial score (nSPS) is 23.4. The molecule has 21 heavy (non-hydrogen) atoms. The average Bonchev–Trinajstić information content (AvgIpc) is 2.34. The first-order valence-corrected chi connectivity index (χ1v) is 8.09. The Bertz CT molecular complexity index is 328. The van der Waals surface area contributed by atoms with E-state index in [4.69, 9.17) is 4.74 Å². The Hall–Kier alpha value is -0.810. The summed E-state index contributed by atoms with van der Waals surface area (Å²) in [6.45, 7) is 12.9. The summed E-state index contributed by atoms with van der Waals surface area (Å²) in [4.78, 5) is 14.0. The van der Waals surface area contributed by atoms with E-state index in [9.17, 15) is 4.79 Å². The monoisotopic (exact) mass is 299 g/mol. The van der Waals surface area contributed by atoms with Gasteiger partial charge in [-0.1, -0.05) is 0 Å². The van der Waals surface area contributed by atoms with Crippen molar-refractivity contribution in [2.24, 2.45) is 5.92 Å². The molecule has 1 saturated heterocycles. The molecular weight excluding hydrogens is 266 g/mol. The summed E-state index contributed by atoms with van der Waals surface area (Å²) in [7, 11) is 2.19. The predicted octanol–water partition coefficient (Wildman–Crippen LogP) is 2.22. The van der Waals surface area contributed by atoms with Crippen LogP contribution in [0.25, 0.3) is 0 Å². The van der Waals surface area contributed by atoms with E-state index in [1.54, 1.807) is 0 Å². The fourth-order valence-corrected chi connectivity index (χ4v) is 2.81. The van der Waals surface area contributed by atoms with Crippen molar-refractivity contribution in [3.8, 4) is 0 Å². The lowest BCUT2D eigenvalue weighted by molar-refractivity contribution is 0.0521. The van der Waals surface area contributed by atoms with Gasteiger partial charge in [0.1, 0.15) is 5.60 Å². The van der Waals surface area contributed by atoms with Gasteiger partial charge < -0.3 is 20.3 Å². The van der Waals surface area contributed by atoms with Crippen LogP contribution in [0.3, 0.4) is 0 Å². The van der Waals surface area contributed by atoms with Crippen LogP contribution in [0.2, 0.25) is 0 Å². The first kappa shape index (κ1) is 18.2. The predicted molar refractivity (Wildman–Crippen MR) is 86.5 cm³/mol. The van der Waals surface area contributed by atoms with E-state index < -0.39 is 5.60 Å². The molecule has 1 aliphatic rings. The largest absolute Gasteiger partial charge is 0.444 e. The maximum Gasteiger partial charge on any atom is 0.407 e. The number of piperidine rings is 1. The van der Waals surface area contributed by atoms with Gasteiger partial charge in [0.05, 0.1) is 0 Å². The molecule has 0 radical (unpaired) electrons. The quantitative estimate of drug-likeness (QED) is 0.817. The first-order chi connectivity index (χ1) is 9.67. The molecule has 5 nitrogen and oxygen atoms in total. The van der Waals surface area contributed by atoms with Gasteiger partial charge in [-0.05, 0) is 67.0 Å². The number of likely N-dealkylation sites (tertiary alicyclic amines) is 1. The number of rotatable bonds is 5. The first-order valence-electron chi connectivity index (χ1n) is 8.09. The zero-order chi connectivity index (χ0) is 16.0. The summed E-state index contributed by atoms with van der Waals surface area (Å²) in [6.07, 6.45) is 2.21. The van der Waals surface area contributed by atoms with Gasteiger partial charge in [0.2, 0.25) is 0 Å². The Labute approximate surface area is 129 Å². The molecule has 3 unspecified atom stereocenters. The maximum absolute atomic E-state index is 11.6. The van der Waals surface area contributed by atoms with Crippen molar-refractivity contribution in [2.75, 3.05) is 26.7 Å². The molecular formula is C16H33N3O2. The average molecular weight is 299 g/mol. The van der Waals surface area contributed by atoms with Gasteiger partial charge in [-0.3, -0.25) is 0 Å². The van der Waals surface area contributed by atoms with Crippen LogP contribution in [0.4, 0.5) is 4.79 Å². The summed E-state index contributed by atoms with van der Waals surface area (Å²) in [6, 6.07) is 0.697. The Kier molecular flexibility index (Phi) is 6.94. The van der Waals surface area contributed by atoms with Crippen LogP contribution in [-0.2, 0) is 4.74 Å². The molecule has 3 atom stereocenters. The molecule has 1 aliphatic heterocycles. The number of amides is 1. The van der Waals surface area contributed by atoms with E-state index in [2.05, 4.69) is 36.4 Å². The lowest BCUT2D eigenvalue weighted by Crippen LogP contribution is -2.49. The third-order valence-electron chi connectivity index (χ3n) is 3.87. The number of hydrogen-bond donors (Lipinski definition) is 2. The molecule has 2 N–H and O–H groups in total. The van der Waals surface area contributed by atoms with Crippen LogP contribution >= 0.6 is 0 Å². The number of hydrogen-bond acceptors (Lipinski definition) is 4. The molecule has 1 fully saturated rings. The Morgan fingerprint density at radius 1 is 1.38 bits per heavy atom. The highest BCUT2D eigenvalue weighted by Gasteiger charge is 2.24. The summed E-state index contributed by atoms with van der Waals surface area (Å²) in [5, 5.41) is 6.41. The molecule has 1 heterocycles. The summed E-state index contributed by atoms with van der Waals surface area (Å²) >= 11 is 0. The minimum absolute atomic E-state index is 0.236. The van der Waals surface area contributed by atoms with Crippen LogP contribution in [0.1, 0.15) is 47.5 Å². The van der Waals surface area contributed by atoms with Crippen LogP contribution in [0.15, 0.2) is 0 Å². The molecule has 1 amide bonds. The van der Waals surface area contributed by atoms with Gasteiger partial charge in [-0.25, -0.2) is 4.79 Å². The number of carbonyl (C=O) groups excluding carboxylic acids is 1. The van der Waals surface area contributed by atoms with Gasteiger partial charge in [0, 0.05) is 25.2 Å². The highest BCUT2D eigenvalue weighted by molar-refractivity contribution is 5.67. The third kappa shape index (κ3) is 7.67. The molecule has 0 aromatic rings. The lowest BCUT2D eigenvalue weighted by Gasteiger charge is -2.35. The second-order valence-corrected chi connectivity index (χ2v) is 7.40. The molecule has 0 spiro atoms. The van der Waals surface area contributed by atoms with E-state index >= 15 is 0 Å². The molecule has 0 saturated carbocycles. The van der Waals surface area contributed by atoms with Gasteiger partial charge in [-0.15, -0.1) is 0 Å². The lowest BCUT2D eigenvalue weighted by atomic mass is 9.91. The number of carbonyl (C=O) groups is 1. The van der Waals surface area contributed by atoms with E-state index in [1.165, 1.54) is 19.4 Å². The third-order valence-corrected chi connectivity index (χ3v) is 3.87. The van der Waals surface area contributed by atoms with Gasteiger partial charge in [0.25, 0.3) is 0 Å². The number of alkyl carbamates (subject to hydrolysis) is 1. The summed E-state index contributed by atoms with van der Waals surface area (Å²) in [5.41, 5.74) is -0.444. The number of ether oxygens (including phenoxy) is 1. The van der Waals surface area contributed by atoms with Crippen molar-refractivity contribution in [2.45, 2.75) is 65.1 Å². The highest BCUT2D eigenvalue weighted by Crippen LogP contribution is 2.18. The second kappa shape index (κ2) is 7.99. The summed E-state index contributed by atoms with van der Waals surface area (Å²) < 4.78 is 5.24. The Balaban J connectivity index is 2.26. The molecule has 124 valence electrons. The van der Waals surface area contributed by atoms with E-state index in [0.717, 1.165) is 6.54 Å². The van der Waals surface area contributed by atoms with Crippen molar-refractivity contribution in [3.63, 3.8) is 0 Å². The second-order valence-electron chi connectivity index (χ2n) is 7.40. The Morgan fingerprint density at radius 2 is 2.05 bits per heavy atom. The van der Waals surface area contributed by atoms with Crippen molar-refractivity contribution in [3.05, 3.63) is 0 Å². The minimum Gasteiger partial charge on any atom is -0.444 e. The standard InChI is InChI=1S/C16H33N3O2/c1-12(10-17-15(20)21-16(3,4)5)18-13(2)14-8-7-9-19(6)11-14/h12-14,18H,7-11H2,1-6H3,(H,17,20). The van der Waals surface area contributed by atoms with Crippen molar-refractivity contribution in [1.29, 1.82) is 0 Å². The van der Waals surface area contributed by atoms with Crippen LogP contribution in [0, 0.1) is 5.92 Å². The molecule has 0 bridgehead atoms. The van der Waals surface area contributed by atoms with E-state index in [-0.39, 0.29) is 12.1 Å². The fraction of sp³-hybridized carbons (Fsp3) is 0.938. The zero-order valence-corrected chi connectivity index (χ0v) is 14.5. The summed E-state index contributed by atoms with van der Waals surface area (Å²) in [5.74, 6) is 0.688. The van der Waals surface area contributed by atoms with Crippen molar-refractivity contribution in [1.82, 2.24) is 15.5 Å². The van der Waals surface area contributed by atoms with Crippen molar-refractivity contribution >= 4 is 6.09 Å². The van der Waals surface area contributed by atoms with Crippen LogP contribution in [-0.4, -0.2) is 55.4 Å². The molecule has 0 aliphatic carbocycles. The highest BCUT2D eigenvalue weighted by atomic mass is 16.6. The van der Waals surface area contributed by atoms with Gasteiger partial charge in [0.15, 0.2) is 0 Å². The SMILES string of the molecule is CC(CNC(=O)OC(C)(C)C)NC(C)C1CCCN(C)C1. The van der Waals surface area contributed by atoms with Gasteiger partial charge >= 0.3 is 6.09 Å². The van der Waals surface area contributed by atoms with E-state index in [1.807, 2.05) is 20.8 Å². The van der Waals surface area contributed by atoms with Crippen LogP contribution < -0.4 is 10.6 Å². The van der Waals surface area contributed by atoms with E-state index in [0.29, 0.717) is 18.5 Å². The molecule has 0 aromatic heterocycles. The van der Waals surface area contributed by atoms with Crippen LogP contribution in [0.5, 0.6) is 0 Å². The number of nitrogens with one attached hydrogen (secondary N) is 2.